The van der Waals surface area contributed by atoms with Crippen LogP contribution in [0.2, 0.25) is 0 Å². The summed E-state index contributed by atoms with van der Waals surface area (Å²) in [5, 5.41) is 3.68. The van der Waals surface area contributed by atoms with Crippen LogP contribution in [-0.4, -0.2) is 33.9 Å². The number of pyridine rings is 1. The zero-order chi connectivity index (χ0) is 24.6. The van der Waals surface area contributed by atoms with Gasteiger partial charge in [0.2, 0.25) is 0 Å². The first-order chi connectivity index (χ1) is 16.0. The van der Waals surface area contributed by atoms with Crippen LogP contribution in [0.1, 0.15) is 42.8 Å². The summed E-state index contributed by atoms with van der Waals surface area (Å²) in [6, 6.07) is 4.45. The summed E-state index contributed by atoms with van der Waals surface area (Å²) in [7, 11) is 1.59. The number of rotatable bonds is 5. The molecule has 4 rings (SSSR count). The zero-order valence-electron chi connectivity index (χ0n) is 19.1. The first-order valence-electron chi connectivity index (χ1n) is 10.9. The number of nitrogen functional groups attached to an aromatic ring is 1. The number of alkyl halides is 3. The summed E-state index contributed by atoms with van der Waals surface area (Å²) in [5.41, 5.74) is 5.32. The van der Waals surface area contributed by atoms with Crippen molar-refractivity contribution >= 4 is 22.5 Å². The fraction of sp³-hybridized carbons (Fsp3) is 0.435. The Hall–Kier alpha value is -3.34. The largest absolute Gasteiger partial charge is 0.484 e. The van der Waals surface area contributed by atoms with Gasteiger partial charge in [0.25, 0.3) is 5.56 Å². The number of nitrogens with one attached hydrogen (secondary N) is 1. The van der Waals surface area contributed by atoms with Gasteiger partial charge in [-0.3, -0.25) is 9.36 Å². The number of anilines is 2. The van der Waals surface area contributed by atoms with Crippen molar-refractivity contribution in [1.82, 2.24) is 14.5 Å². The molecule has 1 aromatic carbocycles. The maximum atomic E-state index is 13.3. The van der Waals surface area contributed by atoms with Crippen molar-refractivity contribution in [2.75, 3.05) is 24.3 Å². The molecule has 1 saturated heterocycles. The molecule has 3 aromatic rings. The Balaban J connectivity index is 1.73. The molecule has 0 unspecified atom stereocenters. The summed E-state index contributed by atoms with van der Waals surface area (Å²) < 4.78 is 52.5. The maximum Gasteiger partial charge on any atom is 0.416 e. The smallest absolute Gasteiger partial charge is 0.416 e. The normalized spacial score (nSPS) is 15.9. The van der Waals surface area contributed by atoms with E-state index in [0.29, 0.717) is 54.3 Å². The molecule has 34 heavy (non-hydrogen) atoms. The van der Waals surface area contributed by atoms with E-state index in [4.69, 9.17) is 15.2 Å². The molecule has 8 nitrogen and oxygen atoms in total. The monoisotopic (exact) mass is 477 g/mol. The van der Waals surface area contributed by atoms with Crippen molar-refractivity contribution in [1.29, 1.82) is 0 Å². The standard InChI is InChI=1S/C23H26F3N5O3/c1-12(14-8-15(23(24,25)26)10-16(27)9-14)28-20-18-11-19(34-17-4-6-33-7-5-17)22(32)31(3)21(18)30-13(2)29-20/h8-12,17H,4-7,27H2,1-3H3,(H,28,29,30)/t12-/m1/s1. The van der Waals surface area contributed by atoms with Crippen LogP contribution < -0.4 is 21.3 Å². The third kappa shape index (κ3) is 4.93. The predicted octanol–water partition coefficient (Wildman–Crippen LogP) is 3.97. The number of nitrogens with two attached hydrogens (primary N) is 1. The molecule has 0 saturated carbocycles. The molecule has 0 aliphatic carbocycles. The van der Waals surface area contributed by atoms with Gasteiger partial charge in [-0.05, 0) is 37.6 Å². The Morgan fingerprint density at radius 2 is 1.91 bits per heavy atom. The van der Waals surface area contributed by atoms with Crippen molar-refractivity contribution < 1.29 is 22.6 Å². The molecule has 1 fully saturated rings. The molecule has 2 aromatic heterocycles. The second-order valence-electron chi connectivity index (χ2n) is 8.41. The molecule has 0 amide bonds. The van der Waals surface area contributed by atoms with Crippen LogP contribution in [0.25, 0.3) is 11.0 Å². The number of halogens is 3. The summed E-state index contributed by atoms with van der Waals surface area (Å²) in [6.45, 7) is 4.50. The Bertz CT molecular complexity index is 1270. The third-order valence-corrected chi connectivity index (χ3v) is 5.77. The minimum atomic E-state index is -4.52. The predicted molar refractivity (Wildman–Crippen MR) is 122 cm³/mol. The first-order valence-corrected chi connectivity index (χ1v) is 10.9. The molecule has 0 bridgehead atoms. The summed E-state index contributed by atoms with van der Waals surface area (Å²) >= 11 is 0. The average Bonchev–Trinajstić information content (AvgIpc) is 2.77. The minimum absolute atomic E-state index is 0.0109. The van der Waals surface area contributed by atoms with E-state index in [2.05, 4.69) is 15.3 Å². The molecule has 1 aliphatic rings. The number of ether oxygens (including phenoxy) is 2. The van der Waals surface area contributed by atoms with Crippen molar-refractivity contribution in [3.8, 4) is 5.75 Å². The van der Waals surface area contributed by atoms with E-state index in [1.165, 1.54) is 10.6 Å². The fourth-order valence-electron chi connectivity index (χ4n) is 3.96. The molecule has 1 aliphatic heterocycles. The Kier molecular flexibility index (Phi) is 6.39. The van der Waals surface area contributed by atoms with Crippen LogP contribution in [0.3, 0.4) is 0 Å². The van der Waals surface area contributed by atoms with Crippen molar-refractivity contribution in [3.05, 3.63) is 51.6 Å². The second-order valence-corrected chi connectivity index (χ2v) is 8.41. The van der Waals surface area contributed by atoms with Crippen LogP contribution >= 0.6 is 0 Å². The second kappa shape index (κ2) is 9.13. The first kappa shape index (κ1) is 23.8. The zero-order valence-corrected chi connectivity index (χ0v) is 19.1. The highest BCUT2D eigenvalue weighted by Gasteiger charge is 2.31. The van der Waals surface area contributed by atoms with Gasteiger partial charge in [-0.1, -0.05) is 0 Å². The lowest BCUT2D eigenvalue weighted by atomic mass is 10.0. The topological polar surface area (TPSA) is 104 Å². The molecule has 3 heterocycles. The van der Waals surface area contributed by atoms with Crippen LogP contribution in [-0.2, 0) is 18.0 Å². The number of hydrogen-bond acceptors (Lipinski definition) is 7. The lowest BCUT2D eigenvalue weighted by Crippen LogP contribution is -2.30. The molecule has 11 heteroatoms. The van der Waals surface area contributed by atoms with Crippen LogP contribution in [0, 0.1) is 6.92 Å². The van der Waals surface area contributed by atoms with Crippen molar-refractivity contribution in [2.24, 2.45) is 7.05 Å². The number of nitrogens with zero attached hydrogens (tertiary/aromatic N) is 3. The molecule has 182 valence electrons. The van der Waals surface area contributed by atoms with Gasteiger partial charge >= 0.3 is 6.18 Å². The third-order valence-electron chi connectivity index (χ3n) is 5.77. The van der Waals surface area contributed by atoms with Gasteiger partial charge in [0.15, 0.2) is 5.75 Å². The van der Waals surface area contributed by atoms with Gasteiger partial charge in [-0.15, -0.1) is 0 Å². The van der Waals surface area contributed by atoms with Crippen molar-refractivity contribution in [2.45, 2.75) is 45.0 Å². The van der Waals surface area contributed by atoms with E-state index in [9.17, 15) is 18.0 Å². The Labute approximate surface area is 193 Å². The van der Waals surface area contributed by atoms with Crippen LogP contribution in [0.15, 0.2) is 29.1 Å². The summed E-state index contributed by atoms with van der Waals surface area (Å²) in [4.78, 5) is 21.7. The van der Waals surface area contributed by atoms with Crippen molar-refractivity contribution in [3.63, 3.8) is 0 Å². The van der Waals surface area contributed by atoms with E-state index in [1.54, 1.807) is 27.0 Å². The Morgan fingerprint density at radius 1 is 1.21 bits per heavy atom. The minimum Gasteiger partial charge on any atom is -0.484 e. The highest BCUT2D eigenvalue weighted by molar-refractivity contribution is 5.88. The molecular weight excluding hydrogens is 451 g/mol. The van der Waals surface area contributed by atoms with Gasteiger partial charge < -0.3 is 20.5 Å². The molecule has 0 spiro atoms. The van der Waals surface area contributed by atoms with E-state index in [1.807, 2.05) is 0 Å². The molecular formula is C23H26F3N5O3. The van der Waals surface area contributed by atoms with E-state index in [-0.39, 0.29) is 23.1 Å². The van der Waals surface area contributed by atoms with E-state index < -0.39 is 17.8 Å². The number of benzene rings is 1. The summed E-state index contributed by atoms with van der Waals surface area (Å²) in [5.74, 6) is 0.936. The number of aromatic nitrogens is 3. The quantitative estimate of drug-likeness (QED) is 0.536. The molecule has 3 N–H and O–H groups in total. The number of aryl methyl sites for hydroxylation is 2. The molecule has 1 atom stereocenters. The Morgan fingerprint density at radius 3 is 2.59 bits per heavy atom. The van der Waals surface area contributed by atoms with E-state index in [0.717, 1.165) is 12.1 Å². The maximum absolute atomic E-state index is 13.3. The highest BCUT2D eigenvalue weighted by atomic mass is 19.4. The van der Waals surface area contributed by atoms with Crippen LogP contribution in [0.5, 0.6) is 5.75 Å². The van der Waals surface area contributed by atoms with E-state index >= 15 is 0 Å². The van der Waals surface area contributed by atoms with Gasteiger partial charge in [0, 0.05) is 31.6 Å². The lowest BCUT2D eigenvalue weighted by molar-refractivity contribution is -0.137. The SMILES string of the molecule is Cc1nc(N[C@H](C)c2cc(N)cc(C(F)(F)F)c2)c2cc(OC3CCOCC3)c(=O)n(C)c2n1. The van der Waals surface area contributed by atoms with Gasteiger partial charge in [-0.25, -0.2) is 9.97 Å². The highest BCUT2D eigenvalue weighted by Crippen LogP contribution is 2.34. The number of hydrogen-bond donors (Lipinski definition) is 2. The fourth-order valence-corrected chi connectivity index (χ4v) is 3.96. The summed E-state index contributed by atoms with van der Waals surface area (Å²) in [6.07, 6.45) is -3.32. The van der Waals surface area contributed by atoms with Gasteiger partial charge in [0.1, 0.15) is 23.4 Å². The van der Waals surface area contributed by atoms with Gasteiger partial charge in [-0.2, -0.15) is 13.2 Å². The van der Waals surface area contributed by atoms with Gasteiger partial charge in [0.05, 0.1) is 30.2 Å². The average molecular weight is 477 g/mol. The lowest BCUT2D eigenvalue weighted by Gasteiger charge is -2.24. The number of fused-ring (bicyclic) bond motifs is 1. The van der Waals surface area contributed by atoms with Crippen LogP contribution in [0.4, 0.5) is 24.7 Å². The molecule has 0 radical (unpaired) electrons.